The SMILES string of the molecule is SCC=Cc1cc2ccccc2o1. The lowest BCUT2D eigenvalue weighted by Gasteiger charge is -1.83. The van der Waals surface area contributed by atoms with Gasteiger partial charge in [-0.05, 0) is 18.2 Å². The summed E-state index contributed by atoms with van der Waals surface area (Å²) in [4.78, 5) is 0. The first kappa shape index (κ1) is 8.45. The molecule has 0 radical (unpaired) electrons. The van der Waals surface area contributed by atoms with Crippen molar-refractivity contribution in [1.82, 2.24) is 0 Å². The van der Waals surface area contributed by atoms with Crippen LogP contribution in [0.25, 0.3) is 17.0 Å². The molecule has 0 amide bonds. The van der Waals surface area contributed by atoms with Gasteiger partial charge >= 0.3 is 0 Å². The molecule has 0 N–H and O–H groups in total. The van der Waals surface area contributed by atoms with Gasteiger partial charge in [-0.2, -0.15) is 12.6 Å². The van der Waals surface area contributed by atoms with Crippen LogP contribution in [0.4, 0.5) is 0 Å². The highest BCUT2D eigenvalue weighted by Crippen LogP contribution is 2.19. The molecule has 2 heteroatoms. The molecule has 1 aromatic heterocycles. The van der Waals surface area contributed by atoms with E-state index >= 15 is 0 Å². The van der Waals surface area contributed by atoms with Crippen molar-refractivity contribution in [1.29, 1.82) is 0 Å². The van der Waals surface area contributed by atoms with Crippen LogP contribution in [0.5, 0.6) is 0 Å². The van der Waals surface area contributed by atoms with Crippen molar-refractivity contribution in [3.05, 3.63) is 42.2 Å². The molecule has 13 heavy (non-hydrogen) atoms. The van der Waals surface area contributed by atoms with Crippen molar-refractivity contribution in [3.63, 3.8) is 0 Å². The highest BCUT2D eigenvalue weighted by molar-refractivity contribution is 7.80. The third-order valence-electron chi connectivity index (χ3n) is 1.83. The van der Waals surface area contributed by atoms with E-state index in [0.717, 1.165) is 22.5 Å². The van der Waals surface area contributed by atoms with Gasteiger partial charge in [0.05, 0.1) is 0 Å². The van der Waals surface area contributed by atoms with Crippen LogP contribution in [-0.4, -0.2) is 5.75 Å². The summed E-state index contributed by atoms with van der Waals surface area (Å²) in [5, 5.41) is 1.14. The van der Waals surface area contributed by atoms with Crippen molar-refractivity contribution in [2.24, 2.45) is 0 Å². The molecule has 0 saturated carbocycles. The summed E-state index contributed by atoms with van der Waals surface area (Å²) in [5.74, 6) is 1.62. The summed E-state index contributed by atoms with van der Waals surface area (Å²) in [6.45, 7) is 0. The minimum absolute atomic E-state index is 0.733. The van der Waals surface area contributed by atoms with E-state index in [-0.39, 0.29) is 0 Å². The summed E-state index contributed by atoms with van der Waals surface area (Å²) in [5.41, 5.74) is 0.932. The van der Waals surface area contributed by atoms with E-state index in [4.69, 9.17) is 4.42 Å². The molecule has 0 spiro atoms. The van der Waals surface area contributed by atoms with Gasteiger partial charge in [0.15, 0.2) is 0 Å². The smallest absolute Gasteiger partial charge is 0.134 e. The molecule has 0 unspecified atom stereocenters. The third kappa shape index (κ3) is 1.78. The Hall–Kier alpha value is -1.15. The molecule has 0 bridgehead atoms. The number of benzene rings is 1. The summed E-state index contributed by atoms with van der Waals surface area (Å²) in [6, 6.07) is 10.0. The highest BCUT2D eigenvalue weighted by Gasteiger charge is 1.97. The van der Waals surface area contributed by atoms with E-state index < -0.39 is 0 Å². The van der Waals surface area contributed by atoms with E-state index in [1.54, 1.807) is 0 Å². The summed E-state index contributed by atoms with van der Waals surface area (Å²) < 4.78 is 5.55. The van der Waals surface area contributed by atoms with Crippen LogP contribution >= 0.6 is 12.6 Å². The zero-order valence-corrected chi connectivity index (χ0v) is 8.00. The maximum atomic E-state index is 5.55. The Morgan fingerprint density at radius 3 is 2.92 bits per heavy atom. The van der Waals surface area contributed by atoms with E-state index in [1.165, 1.54) is 0 Å². The lowest BCUT2D eigenvalue weighted by molar-refractivity contribution is 0.604. The van der Waals surface area contributed by atoms with Gasteiger partial charge in [0.2, 0.25) is 0 Å². The average Bonchev–Trinajstić information content (AvgIpc) is 2.57. The summed E-state index contributed by atoms with van der Waals surface area (Å²) >= 11 is 4.09. The van der Waals surface area contributed by atoms with Crippen molar-refractivity contribution < 1.29 is 4.42 Å². The number of furan rings is 1. The predicted octanol–water partition coefficient (Wildman–Crippen LogP) is 3.38. The van der Waals surface area contributed by atoms with Gasteiger partial charge in [0, 0.05) is 11.1 Å². The molecule has 1 nitrogen and oxygen atoms in total. The van der Waals surface area contributed by atoms with Gasteiger partial charge in [0.25, 0.3) is 0 Å². The van der Waals surface area contributed by atoms with Gasteiger partial charge in [-0.15, -0.1) is 0 Å². The van der Waals surface area contributed by atoms with E-state index in [1.807, 2.05) is 42.5 Å². The highest BCUT2D eigenvalue weighted by atomic mass is 32.1. The zero-order valence-electron chi connectivity index (χ0n) is 7.10. The van der Waals surface area contributed by atoms with Crippen molar-refractivity contribution >= 4 is 29.7 Å². The third-order valence-corrected chi connectivity index (χ3v) is 2.04. The molecular formula is C11H10OS. The predicted molar refractivity (Wildman–Crippen MR) is 59.1 cm³/mol. The van der Waals surface area contributed by atoms with Gasteiger partial charge in [-0.3, -0.25) is 0 Å². The lowest BCUT2D eigenvalue weighted by atomic mass is 10.2. The standard InChI is InChI=1S/C11H10OS/c13-7-3-5-10-8-9-4-1-2-6-11(9)12-10/h1-6,8,13H,7H2. The van der Waals surface area contributed by atoms with Crippen LogP contribution in [0.15, 0.2) is 40.8 Å². The molecule has 66 valence electrons. The number of hydrogen-bond donors (Lipinski definition) is 1. The number of thiol groups is 1. The van der Waals surface area contributed by atoms with E-state index in [0.29, 0.717) is 0 Å². The Bertz CT molecular complexity index is 395. The maximum absolute atomic E-state index is 5.55. The van der Waals surface area contributed by atoms with Crippen molar-refractivity contribution in [3.8, 4) is 0 Å². The van der Waals surface area contributed by atoms with Gasteiger partial charge in [0.1, 0.15) is 11.3 Å². The zero-order chi connectivity index (χ0) is 9.10. The fraction of sp³-hybridized carbons (Fsp3) is 0.0909. The van der Waals surface area contributed by atoms with Crippen molar-refractivity contribution in [2.45, 2.75) is 0 Å². The molecule has 0 aliphatic rings. The van der Waals surface area contributed by atoms with Crippen LogP contribution in [0, 0.1) is 0 Å². The van der Waals surface area contributed by atoms with Gasteiger partial charge in [-0.1, -0.05) is 24.3 Å². The Kier molecular flexibility index (Phi) is 2.41. The normalized spacial score (nSPS) is 11.5. The Labute approximate surface area is 82.5 Å². The first-order valence-electron chi connectivity index (χ1n) is 4.16. The Morgan fingerprint density at radius 1 is 1.31 bits per heavy atom. The minimum Gasteiger partial charge on any atom is -0.457 e. The average molecular weight is 190 g/mol. The molecule has 0 saturated heterocycles. The number of para-hydroxylation sites is 1. The molecule has 2 aromatic rings. The number of fused-ring (bicyclic) bond motifs is 1. The maximum Gasteiger partial charge on any atom is 0.134 e. The van der Waals surface area contributed by atoms with Crippen LogP contribution < -0.4 is 0 Å². The molecular weight excluding hydrogens is 180 g/mol. The molecule has 0 fully saturated rings. The molecule has 1 aromatic carbocycles. The minimum atomic E-state index is 0.733. The second-order valence-electron chi connectivity index (χ2n) is 2.77. The summed E-state index contributed by atoms with van der Waals surface area (Å²) in [7, 11) is 0. The van der Waals surface area contributed by atoms with E-state index in [2.05, 4.69) is 12.6 Å². The summed E-state index contributed by atoms with van der Waals surface area (Å²) in [6.07, 6.45) is 3.90. The fourth-order valence-electron chi connectivity index (χ4n) is 1.25. The Balaban J connectivity index is 2.44. The molecule has 0 atom stereocenters. The van der Waals surface area contributed by atoms with E-state index in [9.17, 15) is 0 Å². The Morgan fingerprint density at radius 2 is 2.15 bits per heavy atom. The number of rotatable bonds is 2. The molecule has 1 heterocycles. The molecule has 0 aliphatic heterocycles. The largest absolute Gasteiger partial charge is 0.457 e. The second-order valence-corrected chi connectivity index (χ2v) is 3.14. The van der Waals surface area contributed by atoms with Crippen LogP contribution in [0.1, 0.15) is 5.76 Å². The fourth-order valence-corrected chi connectivity index (χ4v) is 1.36. The van der Waals surface area contributed by atoms with Gasteiger partial charge < -0.3 is 4.42 Å². The number of hydrogen-bond acceptors (Lipinski definition) is 2. The molecule has 2 rings (SSSR count). The van der Waals surface area contributed by atoms with Crippen LogP contribution in [-0.2, 0) is 0 Å². The quantitative estimate of drug-likeness (QED) is 0.716. The van der Waals surface area contributed by atoms with Crippen LogP contribution in [0.3, 0.4) is 0 Å². The lowest BCUT2D eigenvalue weighted by Crippen LogP contribution is -1.61. The van der Waals surface area contributed by atoms with Gasteiger partial charge in [-0.25, -0.2) is 0 Å². The monoisotopic (exact) mass is 190 g/mol. The first-order valence-corrected chi connectivity index (χ1v) is 4.79. The molecule has 0 aliphatic carbocycles. The second kappa shape index (κ2) is 3.71. The van der Waals surface area contributed by atoms with Crippen molar-refractivity contribution in [2.75, 3.05) is 5.75 Å². The first-order chi connectivity index (χ1) is 6.40. The van der Waals surface area contributed by atoms with Crippen LogP contribution in [0.2, 0.25) is 0 Å². The topological polar surface area (TPSA) is 13.1 Å².